The number of methoxy groups -OCH3 is 1. The summed E-state index contributed by atoms with van der Waals surface area (Å²) in [6.45, 7) is 0. The van der Waals surface area contributed by atoms with E-state index in [2.05, 4.69) is 14.7 Å². The topological polar surface area (TPSA) is 75.2 Å². The smallest absolute Gasteiger partial charge is 0.305 e. The molecule has 1 aromatic rings. The number of aliphatic hydroxyl groups is 1. The van der Waals surface area contributed by atoms with Gasteiger partial charge in [0.2, 0.25) is 0 Å². The van der Waals surface area contributed by atoms with Crippen molar-refractivity contribution < 1.29 is 14.6 Å². The molecular formula is C12H18N2O3. The van der Waals surface area contributed by atoms with Crippen LogP contribution in [0.5, 0.6) is 0 Å². The van der Waals surface area contributed by atoms with Gasteiger partial charge in [-0.05, 0) is 31.6 Å². The van der Waals surface area contributed by atoms with E-state index < -0.39 is 5.60 Å². The highest BCUT2D eigenvalue weighted by Crippen LogP contribution is 2.39. The molecular weight excluding hydrogens is 220 g/mol. The molecule has 0 bridgehead atoms. The van der Waals surface area contributed by atoms with Crippen molar-refractivity contribution in [3.8, 4) is 0 Å². The first-order valence-electron chi connectivity index (χ1n) is 5.92. The highest BCUT2D eigenvalue weighted by Gasteiger charge is 2.36. The summed E-state index contributed by atoms with van der Waals surface area (Å²) < 4.78 is 4.66. The third kappa shape index (κ3) is 2.66. The molecule has 0 saturated heterocycles. The van der Waals surface area contributed by atoms with Crippen LogP contribution >= 0.6 is 0 Å². The van der Waals surface area contributed by atoms with Gasteiger partial charge in [-0.2, -0.15) is 0 Å². The standard InChI is InChI=1S/C12H18N2O3/c1-17-11(15)6-9-2-4-12(16,5-3-9)10-7-13-8-14-10/h7-9,16H,2-6H2,1H3,(H,13,14). The Labute approximate surface area is 100 Å². The molecule has 0 amide bonds. The van der Waals surface area contributed by atoms with Crippen molar-refractivity contribution in [1.29, 1.82) is 0 Å². The number of carbonyl (C=O) groups is 1. The van der Waals surface area contributed by atoms with E-state index >= 15 is 0 Å². The van der Waals surface area contributed by atoms with E-state index in [9.17, 15) is 9.90 Å². The van der Waals surface area contributed by atoms with E-state index in [4.69, 9.17) is 0 Å². The highest BCUT2D eigenvalue weighted by atomic mass is 16.5. The van der Waals surface area contributed by atoms with E-state index in [1.54, 1.807) is 12.5 Å². The van der Waals surface area contributed by atoms with Gasteiger partial charge in [0.1, 0.15) is 5.60 Å². The molecule has 1 saturated carbocycles. The number of hydrogen-bond acceptors (Lipinski definition) is 4. The molecule has 17 heavy (non-hydrogen) atoms. The Kier molecular flexibility index (Phi) is 3.47. The number of nitrogens with zero attached hydrogens (tertiary/aromatic N) is 1. The SMILES string of the molecule is COC(=O)CC1CCC(O)(c2cnc[nH]2)CC1. The largest absolute Gasteiger partial charge is 0.469 e. The number of imidazole rings is 1. The molecule has 2 N–H and O–H groups in total. The molecule has 1 aromatic heterocycles. The average Bonchev–Trinajstić information content (AvgIpc) is 2.86. The second kappa shape index (κ2) is 4.87. The predicted molar refractivity (Wildman–Crippen MR) is 61.1 cm³/mol. The number of rotatable bonds is 3. The number of aromatic amines is 1. The van der Waals surface area contributed by atoms with Gasteiger partial charge in [-0.25, -0.2) is 4.98 Å². The quantitative estimate of drug-likeness (QED) is 0.779. The van der Waals surface area contributed by atoms with Crippen LogP contribution in [0.3, 0.4) is 0 Å². The lowest BCUT2D eigenvalue weighted by molar-refractivity contribution is -0.142. The van der Waals surface area contributed by atoms with Crippen molar-refractivity contribution in [3.05, 3.63) is 18.2 Å². The van der Waals surface area contributed by atoms with Crippen LogP contribution in [-0.2, 0) is 15.1 Å². The van der Waals surface area contributed by atoms with Crippen LogP contribution in [0.25, 0.3) is 0 Å². The molecule has 0 unspecified atom stereocenters. The molecule has 1 heterocycles. The van der Waals surface area contributed by atoms with Crippen molar-refractivity contribution in [2.45, 2.75) is 37.7 Å². The maximum Gasteiger partial charge on any atom is 0.305 e. The van der Waals surface area contributed by atoms with Gasteiger partial charge in [0.15, 0.2) is 0 Å². The van der Waals surface area contributed by atoms with E-state index in [0.717, 1.165) is 18.5 Å². The summed E-state index contributed by atoms with van der Waals surface area (Å²) in [5.41, 5.74) is -0.0302. The Balaban J connectivity index is 1.91. The zero-order valence-electron chi connectivity index (χ0n) is 9.98. The molecule has 1 aliphatic rings. The van der Waals surface area contributed by atoms with E-state index in [1.165, 1.54) is 7.11 Å². The van der Waals surface area contributed by atoms with Gasteiger partial charge in [0.25, 0.3) is 0 Å². The number of hydrogen-bond donors (Lipinski definition) is 2. The monoisotopic (exact) mass is 238 g/mol. The van der Waals surface area contributed by atoms with Crippen LogP contribution in [0.4, 0.5) is 0 Å². The molecule has 1 aliphatic carbocycles. The molecule has 0 aromatic carbocycles. The maximum absolute atomic E-state index is 11.2. The van der Waals surface area contributed by atoms with Gasteiger partial charge in [-0.1, -0.05) is 0 Å². The second-order valence-electron chi connectivity index (χ2n) is 4.72. The number of H-pyrrole nitrogens is 1. The van der Waals surface area contributed by atoms with Gasteiger partial charge in [0.05, 0.1) is 25.3 Å². The summed E-state index contributed by atoms with van der Waals surface area (Å²) >= 11 is 0. The normalized spacial score (nSPS) is 28.9. The maximum atomic E-state index is 11.2. The Hall–Kier alpha value is -1.36. The lowest BCUT2D eigenvalue weighted by Crippen LogP contribution is -2.32. The number of nitrogens with one attached hydrogen (secondary N) is 1. The van der Waals surface area contributed by atoms with E-state index in [-0.39, 0.29) is 5.97 Å². The second-order valence-corrected chi connectivity index (χ2v) is 4.72. The van der Waals surface area contributed by atoms with Crippen LogP contribution in [0, 0.1) is 5.92 Å². The zero-order chi connectivity index (χ0) is 12.3. The van der Waals surface area contributed by atoms with E-state index in [1.807, 2.05) is 0 Å². The van der Waals surface area contributed by atoms with Crippen molar-refractivity contribution >= 4 is 5.97 Å². The fourth-order valence-corrected chi connectivity index (χ4v) is 2.46. The number of ether oxygens (including phenoxy) is 1. The summed E-state index contributed by atoms with van der Waals surface area (Å²) in [6.07, 6.45) is 6.70. The zero-order valence-corrected chi connectivity index (χ0v) is 9.98. The van der Waals surface area contributed by atoms with Crippen molar-refractivity contribution in [2.75, 3.05) is 7.11 Å². The van der Waals surface area contributed by atoms with Crippen LogP contribution in [0.2, 0.25) is 0 Å². The van der Waals surface area contributed by atoms with Crippen LogP contribution < -0.4 is 0 Å². The van der Waals surface area contributed by atoms with Crippen molar-refractivity contribution in [2.24, 2.45) is 5.92 Å². The summed E-state index contributed by atoms with van der Waals surface area (Å²) in [4.78, 5) is 18.1. The van der Waals surface area contributed by atoms with Crippen LogP contribution in [0.1, 0.15) is 37.8 Å². The number of esters is 1. The summed E-state index contributed by atoms with van der Waals surface area (Å²) in [7, 11) is 1.41. The molecule has 5 nitrogen and oxygen atoms in total. The third-order valence-electron chi connectivity index (χ3n) is 3.61. The lowest BCUT2D eigenvalue weighted by Gasteiger charge is -2.34. The lowest BCUT2D eigenvalue weighted by atomic mass is 9.76. The minimum atomic E-state index is -0.802. The fraction of sp³-hybridized carbons (Fsp3) is 0.667. The summed E-state index contributed by atoms with van der Waals surface area (Å²) in [6, 6.07) is 0. The predicted octanol–water partition coefficient (Wildman–Crippen LogP) is 1.35. The van der Waals surface area contributed by atoms with Gasteiger partial charge < -0.3 is 14.8 Å². The van der Waals surface area contributed by atoms with Gasteiger partial charge in [0, 0.05) is 6.42 Å². The van der Waals surface area contributed by atoms with Crippen molar-refractivity contribution in [1.82, 2.24) is 9.97 Å². The number of aromatic nitrogens is 2. The molecule has 2 rings (SSSR count). The Morgan fingerprint density at radius 2 is 2.35 bits per heavy atom. The van der Waals surface area contributed by atoms with Crippen molar-refractivity contribution in [3.63, 3.8) is 0 Å². The Morgan fingerprint density at radius 3 is 2.88 bits per heavy atom. The molecule has 0 atom stereocenters. The van der Waals surface area contributed by atoms with E-state index in [0.29, 0.717) is 25.2 Å². The molecule has 5 heteroatoms. The fourth-order valence-electron chi connectivity index (χ4n) is 2.46. The minimum absolute atomic E-state index is 0.165. The molecule has 0 radical (unpaired) electrons. The van der Waals surface area contributed by atoms with Crippen LogP contribution in [0.15, 0.2) is 12.5 Å². The summed E-state index contributed by atoms with van der Waals surface area (Å²) in [5.74, 6) is 0.160. The van der Waals surface area contributed by atoms with Gasteiger partial charge >= 0.3 is 5.97 Å². The molecule has 0 aliphatic heterocycles. The van der Waals surface area contributed by atoms with Crippen LogP contribution in [-0.4, -0.2) is 28.2 Å². The first kappa shape index (κ1) is 12.1. The Morgan fingerprint density at radius 1 is 1.65 bits per heavy atom. The number of carbonyl (C=O) groups excluding carboxylic acids is 1. The molecule has 94 valence electrons. The molecule has 1 fully saturated rings. The van der Waals surface area contributed by atoms with Gasteiger partial charge in [-0.15, -0.1) is 0 Å². The Bertz CT molecular complexity index is 367. The third-order valence-corrected chi connectivity index (χ3v) is 3.61. The average molecular weight is 238 g/mol. The molecule has 0 spiro atoms. The first-order chi connectivity index (χ1) is 8.14. The van der Waals surface area contributed by atoms with Gasteiger partial charge in [-0.3, -0.25) is 4.79 Å². The summed E-state index contributed by atoms with van der Waals surface area (Å²) in [5, 5.41) is 10.5. The highest BCUT2D eigenvalue weighted by molar-refractivity contribution is 5.69. The minimum Gasteiger partial charge on any atom is -0.469 e. The first-order valence-corrected chi connectivity index (χ1v) is 5.92.